The molecular weight excluding hydrogens is 278 g/mol. The van der Waals surface area contributed by atoms with Crippen LogP contribution in [0.3, 0.4) is 0 Å². The van der Waals surface area contributed by atoms with Crippen molar-refractivity contribution in [3.8, 4) is 0 Å². The highest BCUT2D eigenvalue weighted by atomic mass is 16.2. The maximum Gasteiger partial charge on any atom is 0.317 e. The standard InChI is InChI=1S/C16H29N5O/c1-16(2,3)6-7-20-8-9-21-14(12-20)10-13(18-21)11-17-15(22)19(4)5/h10H,6-9,11-12H2,1-5H3,(H,17,22). The summed E-state index contributed by atoms with van der Waals surface area (Å²) >= 11 is 0. The van der Waals surface area contributed by atoms with E-state index in [-0.39, 0.29) is 6.03 Å². The van der Waals surface area contributed by atoms with Crippen molar-refractivity contribution in [3.63, 3.8) is 0 Å². The first kappa shape index (κ1) is 16.8. The van der Waals surface area contributed by atoms with Gasteiger partial charge in [-0.05, 0) is 24.4 Å². The van der Waals surface area contributed by atoms with Crippen molar-refractivity contribution in [1.82, 2.24) is 24.9 Å². The van der Waals surface area contributed by atoms with Gasteiger partial charge in [0.05, 0.1) is 24.5 Å². The van der Waals surface area contributed by atoms with Crippen molar-refractivity contribution in [2.75, 3.05) is 27.2 Å². The zero-order valence-electron chi connectivity index (χ0n) is 14.5. The Balaban J connectivity index is 1.89. The Bertz CT molecular complexity index is 515. The average Bonchev–Trinajstić information content (AvgIpc) is 2.83. The van der Waals surface area contributed by atoms with E-state index in [4.69, 9.17) is 0 Å². The molecule has 1 aliphatic heterocycles. The zero-order valence-corrected chi connectivity index (χ0v) is 14.5. The highest BCUT2D eigenvalue weighted by molar-refractivity contribution is 5.73. The minimum Gasteiger partial charge on any atom is -0.332 e. The summed E-state index contributed by atoms with van der Waals surface area (Å²) in [6, 6.07) is 2.02. The average molecular weight is 307 g/mol. The molecule has 0 fully saturated rings. The third-order valence-corrected chi connectivity index (χ3v) is 3.93. The van der Waals surface area contributed by atoms with E-state index in [2.05, 4.69) is 46.8 Å². The minimum atomic E-state index is -0.0854. The summed E-state index contributed by atoms with van der Waals surface area (Å²) in [6.45, 7) is 11.4. The van der Waals surface area contributed by atoms with E-state index < -0.39 is 0 Å². The second-order valence-corrected chi connectivity index (χ2v) is 7.49. The van der Waals surface area contributed by atoms with E-state index in [9.17, 15) is 4.79 Å². The molecule has 2 heterocycles. The van der Waals surface area contributed by atoms with Crippen LogP contribution in [-0.2, 0) is 19.6 Å². The third kappa shape index (κ3) is 4.73. The molecule has 0 radical (unpaired) electrons. The number of amides is 2. The molecule has 124 valence electrons. The Morgan fingerprint density at radius 2 is 2.09 bits per heavy atom. The molecule has 1 aromatic rings. The van der Waals surface area contributed by atoms with Gasteiger partial charge >= 0.3 is 6.03 Å². The highest BCUT2D eigenvalue weighted by Gasteiger charge is 2.20. The van der Waals surface area contributed by atoms with Crippen molar-refractivity contribution in [3.05, 3.63) is 17.5 Å². The van der Waals surface area contributed by atoms with Crippen LogP contribution in [0.4, 0.5) is 4.79 Å². The number of nitrogens with zero attached hydrogens (tertiary/aromatic N) is 4. The molecule has 0 aliphatic carbocycles. The van der Waals surface area contributed by atoms with Gasteiger partial charge in [-0.2, -0.15) is 5.10 Å². The summed E-state index contributed by atoms with van der Waals surface area (Å²) in [4.78, 5) is 15.6. The van der Waals surface area contributed by atoms with Crippen LogP contribution in [0.25, 0.3) is 0 Å². The number of fused-ring (bicyclic) bond motifs is 1. The molecule has 6 heteroatoms. The highest BCUT2D eigenvalue weighted by Crippen LogP contribution is 2.21. The molecule has 1 N–H and O–H groups in total. The molecule has 1 aliphatic rings. The van der Waals surface area contributed by atoms with E-state index in [1.807, 2.05) is 0 Å². The number of nitrogens with one attached hydrogen (secondary N) is 1. The van der Waals surface area contributed by atoms with Gasteiger partial charge in [-0.15, -0.1) is 0 Å². The molecule has 22 heavy (non-hydrogen) atoms. The second-order valence-electron chi connectivity index (χ2n) is 7.49. The predicted octanol–water partition coefficient (Wildman–Crippen LogP) is 1.91. The predicted molar refractivity (Wildman–Crippen MR) is 87.5 cm³/mol. The van der Waals surface area contributed by atoms with Crippen LogP contribution in [0, 0.1) is 5.41 Å². The van der Waals surface area contributed by atoms with Crippen molar-refractivity contribution >= 4 is 6.03 Å². The number of rotatable bonds is 4. The van der Waals surface area contributed by atoms with E-state index in [1.54, 1.807) is 14.1 Å². The Morgan fingerprint density at radius 1 is 1.36 bits per heavy atom. The SMILES string of the molecule is CN(C)C(=O)NCc1cc2n(n1)CCN(CCC(C)(C)C)C2. The fourth-order valence-electron chi connectivity index (χ4n) is 2.48. The van der Waals surface area contributed by atoms with Gasteiger partial charge in [0.1, 0.15) is 0 Å². The Kier molecular flexibility index (Phi) is 5.11. The van der Waals surface area contributed by atoms with Crippen LogP contribution in [0.1, 0.15) is 38.6 Å². The van der Waals surface area contributed by atoms with Crippen LogP contribution in [0.15, 0.2) is 6.07 Å². The van der Waals surface area contributed by atoms with Gasteiger partial charge in [-0.3, -0.25) is 9.58 Å². The summed E-state index contributed by atoms with van der Waals surface area (Å²) in [5, 5.41) is 7.44. The first-order valence-electron chi connectivity index (χ1n) is 7.98. The van der Waals surface area contributed by atoms with E-state index in [0.29, 0.717) is 12.0 Å². The molecule has 6 nitrogen and oxygen atoms in total. The molecular formula is C16H29N5O. The van der Waals surface area contributed by atoms with Crippen LogP contribution >= 0.6 is 0 Å². The van der Waals surface area contributed by atoms with Gasteiger partial charge in [0.25, 0.3) is 0 Å². The first-order valence-corrected chi connectivity index (χ1v) is 7.98. The van der Waals surface area contributed by atoms with Crippen LogP contribution in [0.5, 0.6) is 0 Å². The smallest absolute Gasteiger partial charge is 0.317 e. The van der Waals surface area contributed by atoms with Gasteiger partial charge in [-0.25, -0.2) is 4.79 Å². The lowest BCUT2D eigenvalue weighted by Gasteiger charge is -2.30. The number of hydrogen-bond acceptors (Lipinski definition) is 3. The number of carbonyl (C=O) groups is 1. The van der Waals surface area contributed by atoms with Crippen molar-refractivity contribution < 1.29 is 4.79 Å². The summed E-state index contributed by atoms with van der Waals surface area (Å²) < 4.78 is 2.07. The summed E-state index contributed by atoms with van der Waals surface area (Å²) in [6.07, 6.45) is 1.20. The fourth-order valence-corrected chi connectivity index (χ4v) is 2.48. The number of urea groups is 1. The largest absolute Gasteiger partial charge is 0.332 e. The van der Waals surface area contributed by atoms with Crippen LogP contribution in [-0.4, -0.2) is 52.8 Å². The Hall–Kier alpha value is -1.56. The molecule has 0 aromatic carbocycles. The quantitative estimate of drug-likeness (QED) is 0.924. The first-order chi connectivity index (χ1) is 10.2. The Labute approximate surface area is 133 Å². The van der Waals surface area contributed by atoms with E-state index in [0.717, 1.165) is 31.9 Å². The van der Waals surface area contributed by atoms with Crippen LogP contribution < -0.4 is 5.32 Å². The molecule has 2 rings (SSSR count). The number of hydrogen-bond donors (Lipinski definition) is 1. The van der Waals surface area contributed by atoms with Crippen molar-refractivity contribution in [1.29, 1.82) is 0 Å². The molecule has 1 aromatic heterocycles. The lowest BCUT2D eigenvalue weighted by molar-refractivity contribution is 0.184. The van der Waals surface area contributed by atoms with Gasteiger partial charge in [0, 0.05) is 27.2 Å². The fraction of sp³-hybridized carbons (Fsp3) is 0.750. The maximum absolute atomic E-state index is 11.6. The van der Waals surface area contributed by atoms with Crippen LogP contribution in [0.2, 0.25) is 0 Å². The van der Waals surface area contributed by atoms with Crippen molar-refractivity contribution in [2.24, 2.45) is 5.41 Å². The van der Waals surface area contributed by atoms with Gasteiger partial charge in [0.2, 0.25) is 0 Å². The number of aromatic nitrogens is 2. The topological polar surface area (TPSA) is 53.4 Å². The van der Waals surface area contributed by atoms with Gasteiger partial charge in [0.15, 0.2) is 0 Å². The van der Waals surface area contributed by atoms with Crippen molar-refractivity contribution in [2.45, 2.75) is 46.8 Å². The molecule has 0 saturated carbocycles. The maximum atomic E-state index is 11.6. The zero-order chi connectivity index (χ0) is 16.3. The van der Waals surface area contributed by atoms with E-state index >= 15 is 0 Å². The molecule has 2 amide bonds. The van der Waals surface area contributed by atoms with Gasteiger partial charge < -0.3 is 10.2 Å². The minimum absolute atomic E-state index is 0.0854. The lowest BCUT2D eigenvalue weighted by Crippen LogP contribution is -2.35. The third-order valence-electron chi connectivity index (χ3n) is 3.93. The summed E-state index contributed by atoms with van der Waals surface area (Å²) in [7, 11) is 3.47. The monoisotopic (exact) mass is 307 g/mol. The number of carbonyl (C=O) groups excluding carboxylic acids is 1. The lowest BCUT2D eigenvalue weighted by atomic mass is 9.92. The van der Waals surface area contributed by atoms with E-state index in [1.165, 1.54) is 17.0 Å². The molecule has 0 bridgehead atoms. The second kappa shape index (κ2) is 6.69. The summed E-state index contributed by atoms with van der Waals surface area (Å²) in [5.41, 5.74) is 2.55. The van der Waals surface area contributed by atoms with Gasteiger partial charge in [-0.1, -0.05) is 20.8 Å². The molecule has 0 spiro atoms. The normalized spacial score (nSPS) is 15.5. The molecule has 0 atom stereocenters. The summed E-state index contributed by atoms with van der Waals surface area (Å²) in [5.74, 6) is 0. The molecule has 0 saturated heterocycles. The Morgan fingerprint density at radius 3 is 2.73 bits per heavy atom. The molecule has 0 unspecified atom stereocenters.